The smallest absolute Gasteiger partial charge is 0.330 e. The normalized spacial score (nSPS) is 29.2. The lowest BCUT2D eigenvalue weighted by Gasteiger charge is -2.14. The lowest BCUT2D eigenvalue weighted by molar-refractivity contribution is -0.139. The molecule has 1 aliphatic rings. The Labute approximate surface area is 72.4 Å². The van der Waals surface area contributed by atoms with Gasteiger partial charge in [-0.25, -0.2) is 4.79 Å². The van der Waals surface area contributed by atoms with E-state index in [1.165, 1.54) is 6.08 Å². The van der Waals surface area contributed by atoms with Gasteiger partial charge in [-0.15, -0.1) is 0 Å². The molecule has 0 spiro atoms. The van der Waals surface area contributed by atoms with E-state index in [1.54, 1.807) is 0 Å². The zero-order valence-electron chi connectivity index (χ0n) is 7.50. The van der Waals surface area contributed by atoms with E-state index in [-0.39, 0.29) is 17.5 Å². The molecule has 1 aliphatic heterocycles. The summed E-state index contributed by atoms with van der Waals surface area (Å²) < 4.78 is 10.1. The maximum Gasteiger partial charge on any atom is 0.330 e. The average Bonchev–Trinajstić information content (AvgIpc) is 2.80. The Bertz CT molecular complexity index is 194. The molecule has 0 bridgehead atoms. The monoisotopic (exact) mass is 170 g/mol. The van der Waals surface area contributed by atoms with E-state index < -0.39 is 0 Å². The first-order valence-corrected chi connectivity index (χ1v) is 4.01. The van der Waals surface area contributed by atoms with Crippen LogP contribution in [0.4, 0.5) is 0 Å². The van der Waals surface area contributed by atoms with Gasteiger partial charge in [-0.05, 0) is 6.92 Å². The number of rotatable bonds is 4. The Kier molecular flexibility index (Phi) is 2.52. The van der Waals surface area contributed by atoms with Crippen LogP contribution in [-0.2, 0) is 14.3 Å². The Balaban J connectivity index is 2.23. The van der Waals surface area contributed by atoms with E-state index in [2.05, 4.69) is 6.58 Å². The Morgan fingerprint density at radius 1 is 1.92 bits per heavy atom. The molecule has 3 nitrogen and oxygen atoms in total. The summed E-state index contributed by atoms with van der Waals surface area (Å²) in [6.45, 7) is 8.50. The first-order chi connectivity index (χ1) is 5.58. The number of epoxide rings is 1. The zero-order valence-corrected chi connectivity index (χ0v) is 7.50. The molecule has 1 heterocycles. The molecule has 2 unspecified atom stereocenters. The van der Waals surface area contributed by atoms with Crippen LogP contribution in [0, 0.1) is 5.92 Å². The van der Waals surface area contributed by atoms with Crippen molar-refractivity contribution < 1.29 is 14.3 Å². The van der Waals surface area contributed by atoms with Crippen molar-refractivity contribution in [3.63, 3.8) is 0 Å². The standard InChI is InChI=1S/C9H14O3/c1-4-8(10)11-5-7(2)9(3)6-12-9/h4,7H,1,5-6H2,2-3H3. The second-order valence-electron chi connectivity index (χ2n) is 3.34. The minimum Gasteiger partial charge on any atom is -0.462 e. The van der Waals surface area contributed by atoms with Crippen LogP contribution in [0.3, 0.4) is 0 Å². The van der Waals surface area contributed by atoms with Crippen LogP contribution in [0.25, 0.3) is 0 Å². The summed E-state index contributed by atoms with van der Waals surface area (Å²) in [4.78, 5) is 10.7. The fourth-order valence-electron chi connectivity index (χ4n) is 0.841. The third kappa shape index (κ3) is 2.08. The molecule has 1 rings (SSSR count). The summed E-state index contributed by atoms with van der Waals surface area (Å²) in [6, 6.07) is 0. The lowest BCUT2D eigenvalue weighted by atomic mass is 9.98. The highest BCUT2D eigenvalue weighted by Gasteiger charge is 2.44. The molecule has 2 atom stereocenters. The molecule has 1 saturated heterocycles. The van der Waals surface area contributed by atoms with E-state index >= 15 is 0 Å². The van der Waals surface area contributed by atoms with E-state index in [4.69, 9.17) is 9.47 Å². The molecule has 1 fully saturated rings. The summed E-state index contributed by atoms with van der Waals surface area (Å²) in [6.07, 6.45) is 1.17. The highest BCUT2D eigenvalue weighted by atomic mass is 16.6. The van der Waals surface area contributed by atoms with Crippen LogP contribution in [-0.4, -0.2) is 24.8 Å². The third-order valence-corrected chi connectivity index (χ3v) is 2.28. The van der Waals surface area contributed by atoms with Crippen LogP contribution in [0.15, 0.2) is 12.7 Å². The second-order valence-corrected chi connectivity index (χ2v) is 3.34. The van der Waals surface area contributed by atoms with Crippen molar-refractivity contribution in [1.82, 2.24) is 0 Å². The number of hydrogen-bond donors (Lipinski definition) is 0. The van der Waals surface area contributed by atoms with Crippen LogP contribution in [0.5, 0.6) is 0 Å². The summed E-state index contributed by atoms with van der Waals surface area (Å²) in [5.41, 5.74) is -0.0680. The van der Waals surface area contributed by atoms with Crippen molar-refractivity contribution in [1.29, 1.82) is 0 Å². The van der Waals surface area contributed by atoms with Crippen molar-refractivity contribution in [2.45, 2.75) is 19.4 Å². The molecule has 0 aliphatic carbocycles. The predicted octanol–water partition coefficient (Wildman–Crippen LogP) is 1.14. The molecular weight excluding hydrogens is 156 g/mol. The highest BCUT2D eigenvalue weighted by molar-refractivity contribution is 5.81. The highest BCUT2D eigenvalue weighted by Crippen LogP contribution is 2.34. The summed E-state index contributed by atoms with van der Waals surface area (Å²) in [5, 5.41) is 0. The lowest BCUT2D eigenvalue weighted by Crippen LogP contribution is -2.23. The number of carbonyl (C=O) groups excluding carboxylic acids is 1. The molecule has 0 saturated carbocycles. The fraction of sp³-hybridized carbons (Fsp3) is 0.667. The molecule has 12 heavy (non-hydrogen) atoms. The van der Waals surface area contributed by atoms with Crippen LogP contribution >= 0.6 is 0 Å². The third-order valence-electron chi connectivity index (χ3n) is 2.28. The van der Waals surface area contributed by atoms with Crippen LogP contribution in [0.1, 0.15) is 13.8 Å². The van der Waals surface area contributed by atoms with Gasteiger partial charge in [0, 0.05) is 12.0 Å². The maximum absolute atomic E-state index is 10.7. The molecule has 68 valence electrons. The fourth-order valence-corrected chi connectivity index (χ4v) is 0.841. The van der Waals surface area contributed by atoms with Crippen LogP contribution in [0.2, 0.25) is 0 Å². The minimum atomic E-state index is -0.369. The zero-order chi connectivity index (χ0) is 9.19. The van der Waals surface area contributed by atoms with Gasteiger partial charge in [-0.1, -0.05) is 13.5 Å². The van der Waals surface area contributed by atoms with Gasteiger partial charge in [0.15, 0.2) is 0 Å². The topological polar surface area (TPSA) is 38.8 Å². The molecule has 0 aromatic rings. The average molecular weight is 170 g/mol. The Morgan fingerprint density at radius 3 is 2.92 bits per heavy atom. The first kappa shape index (κ1) is 9.26. The number of esters is 1. The number of ether oxygens (including phenoxy) is 2. The Morgan fingerprint density at radius 2 is 2.50 bits per heavy atom. The summed E-state index contributed by atoms with van der Waals surface area (Å²) >= 11 is 0. The Hall–Kier alpha value is -0.830. The molecule has 0 aromatic carbocycles. The molecule has 0 aromatic heterocycles. The van der Waals surface area contributed by atoms with Gasteiger partial charge >= 0.3 is 5.97 Å². The predicted molar refractivity (Wildman–Crippen MR) is 44.7 cm³/mol. The molecule has 0 radical (unpaired) electrons. The molecule has 0 amide bonds. The van der Waals surface area contributed by atoms with Gasteiger partial charge in [0.25, 0.3) is 0 Å². The van der Waals surface area contributed by atoms with E-state index in [0.717, 1.165) is 6.61 Å². The quantitative estimate of drug-likeness (QED) is 0.361. The van der Waals surface area contributed by atoms with E-state index in [9.17, 15) is 4.79 Å². The van der Waals surface area contributed by atoms with Crippen molar-refractivity contribution in [3.8, 4) is 0 Å². The second kappa shape index (κ2) is 3.27. The maximum atomic E-state index is 10.7. The van der Waals surface area contributed by atoms with Crippen molar-refractivity contribution >= 4 is 5.97 Å². The van der Waals surface area contributed by atoms with Crippen molar-refractivity contribution in [2.75, 3.05) is 13.2 Å². The van der Waals surface area contributed by atoms with Gasteiger partial charge < -0.3 is 9.47 Å². The summed E-state index contributed by atoms with van der Waals surface area (Å²) in [5.74, 6) is -0.118. The largest absolute Gasteiger partial charge is 0.462 e. The van der Waals surface area contributed by atoms with Gasteiger partial charge in [0.05, 0.1) is 18.8 Å². The van der Waals surface area contributed by atoms with E-state index in [1.807, 2.05) is 13.8 Å². The molecular formula is C9H14O3. The van der Waals surface area contributed by atoms with Gasteiger partial charge in [0.1, 0.15) is 0 Å². The molecule has 3 heteroatoms. The van der Waals surface area contributed by atoms with E-state index in [0.29, 0.717) is 6.61 Å². The van der Waals surface area contributed by atoms with Crippen molar-refractivity contribution in [3.05, 3.63) is 12.7 Å². The van der Waals surface area contributed by atoms with Gasteiger partial charge in [-0.2, -0.15) is 0 Å². The van der Waals surface area contributed by atoms with Crippen LogP contribution < -0.4 is 0 Å². The summed E-state index contributed by atoms with van der Waals surface area (Å²) in [7, 11) is 0. The van der Waals surface area contributed by atoms with Gasteiger partial charge in [0.2, 0.25) is 0 Å². The SMILES string of the molecule is C=CC(=O)OCC(C)C1(C)CO1. The number of carbonyl (C=O) groups is 1. The molecule has 0 N–H and O–H groups in total. The van der Waals surface area contributed by atoms with Gasteiger partial charge in [-0.3, -0.25) is 0 Å². The minimum absolute atomic E-state index is 0.0680. The first-order valence-electron chi connectivity index (χ1n) is 4.01. The number of hydrogen-bond acceptors (Lipinski definition) is 3. The van der Waals surface area contributed by atoms with Crippen molar-refractivity contribution in [2.24, 2.45) is 5.92 Å².